The molecule has 38 heavy (non-hydrogen) atoms. The minimum absolute atomic E-state index is 0.0951. The maximum atomic E-state index is 13.5. The number of carbonyl (C=O) groups is 3. The number of ketones is 1. The number of fused-ring (bicyclic) bond motifs is 1. The van der Waals surface area contributed by atoms with Crippen LogP contribution in [0.2, 0.25) is 0 Å². The molecule has 2 heterocycles. The molecule has 5 rings (SSSR count). The lowest BCUT2D eigenvalue weighted by atomic mass is 9.94. The molecule has 2 aliphatic heterocycles. The number of Topliss-reactive ketones (excluding diaryl/α,β-unsaturated/α-hetero) is 1. The van der Waals surface area contributed by atoms with Gasteiger partial charge in [-0.2, -0.15) is 0 Å². The summed E-state index contributed by atoms with van der Waals surface area (Å²) >= 11 is 0. The first kappa shape index (κ1) is 24.9. The zero-order chi connectivity index (χ0) is 27.0. The van der Waals surface area contributed by atoms with Gasteiger partial charge in [-0.05, 0) is 42.5 Å². The van der Waals surface area contributed by atoms with E-state index < -0.39 is 23.7 Å². The van der Waals surface area contributed by atoms with E-state index in [1.807, 2.05) is 11.9 Å². The largest absolute Gasteiger partial charge is 0.507 e. The van der Waals surface area contributed by atoms with Crippen LogP contribution < -0.4 is 19.3 Å². The number of likely N-dealkylation sites (N-methyl/N-ethyl adjacent to an activating group) is 1. The number of hydrogen-bond acceptors (Lipinski definition) is 8. The van der Waals surface area contributed by atoms with Crippen LogP contribution in [0.15, 0.2) is 72.3 Å². The predicted molar refractivity (Wildman–Crippen MR) is 141 cm³/mol. The van der Waals surface area contributed by atoms with Gasteiger partial charge in [0.2, 0.25) is 0 Å². The van der Waals surface area contributed by atoms with Crippen molar-refractivity contribution in [1.29, 1.82) is 0 Å². The number of aliphatic hydroxyl groups excluding tert-OH is 1. The van der Waals surface area contributed by atoms with Crippen molar-refractivity contribution in [3.05, 3.63) is 89.0 Å². The molecule has 194 valence electrons. The van der Waals surface area contributed by atoms with Crippen LogP contribution in [0.1, 0.15) is 27.5 Å². The van der Waals surface area contributed by atoms with Crippen molar-refractivity contribution in [2.24, 2.45) is 0 Å². The van der Waals surface area contributed by atoms with Gasteiger partial charge in [-0.15, -0.1) is 0 Å². The first-order valence-electron chi connectivity index (χ1n) is 12.0. The lowest BCUT2D eigenvalue weighted by Crippen LogP contribution is -2.29. The second-order valence-corrected chi connectivity index (χ2v) is 8.91. The lowest BCUT2D eigenvalue weighted by Gasteiger charge is -2.28. The van der Waals surface area contributed by atoms with Crippen LogP contribution in [0, 0.1) is 0 Å². The highest BCUT2D eigenvalue weighted by Gasteiger charge is 2.48. The molecule has 0 radical (unpaired) electrons. The molecule has 1 atom stereocenters. The second kappa shape index (κ2) is 9.93. The molecule has 0 spiro atoms. The standard InChI is InChI=1S/C29H26N2O7/c1-30-13-14-38-23-12-11-17(16-21(23)30)26(32)24-25(20-9-4-5-10-22(20)36-2)31(28(34)27(24)33)19-8-6-7-18(15-19)29(35)37-3/h4-12,15-16,25,32H,13-14H2,1-3H3/b26-24+. The maximum Gasteiger partial charge on any atom is 0.337 e. The molecule has 1 amide bonds. The molecule has 1 fully saturated rings. The number of ether oxygens (including phenoxy) is 3. The van der Waals surface area contributed by atoms with Gasteiger partial charge in [0.15, 0.2) is 0 Å². The van der Waals surface area contributed by atoms with Crippen molar-refractivity contribution in [3.8, 4) is 11.5 Å². The van der Waals surface area contributed by atoms with E-state index in [0.29, 0.717) is 41.5 Å². The quantitative estimate of drug-likeness (QED) is 0.236. The Morgan fingerprint density at radius 2 is 1.79 bits per heavy atom. The zero-order valence-corrected chi connectivity index (χ0v) is 21.1. The second-order valence-electron chi connectivity index (χ2n) is 8.91. The molecular formula is C29H26N2O7. The number of hydrogen-bond donors (Lipinski definition) is 1. The Balaban J connectivity index is 1.72. The highest BCUT2D eigenvalue weighted by Crippen LogP contribution is 2.45. The van der Waals surface area contributed by atoms with E-state index in [4.69, 9.17) is 14.2 Å². The SMILES string of the molecule is COC(=O)c1cccc(N2C(=O)C(=O)/C(=C(/O)c3ccc4c(c3)N(C)CCO4)C2c2ccccc2OC)c1. The molecule has 1 saturated heterocycles. The van der Waals surface area contributed by atoms with E-state index in [9.17, 15) is 19.5 Å². The van der Waals surface area contributed by atoms with Gasteiger partial charge in [0.05, 0.1) is 43.6 Å². The Labute approximate surface area is 219 Å². The Bertz CT molecular complexity index is 1480. The summed E-state index contributed by atoms with van der Waals surface area (Å²) in [4.78, 5) is 42.5. The number of methoxy groups -OCH3 is 2. The van der Waals surface area contributed by atoms with E-state index in [2.05, 4.69) is 0 Å². The summed E-state index contributed by atoms with van der Waals surface area (Å²) < 4.78 is 16.1. The summed E-state index contributed by atoms with van der Waals surface area (Å²) in [5.41, 5.74) is 2.03. The fourth-order valence-corrected chi connectivity index (χ4v) is 4.84. The van der Waals surface area contributed by atoms with Crippen molar-refractivity contribution in [2.75, 3.05) is 44.2 Å². The summed E-state index contributed by atoms with van der Waals surface area (Å²) in [5, 5.41) is 11.5. The van der Waals surface area contributed by atoms with Gasteiger partial charge >= 0.3 is 5.97 Å². The van der Waals surface area contributed by atoms with Gasteiger partial charge in [0.25, 0.3) is 11.7 Å². The molecule has 3 aromatic carbocycles. The first-order chi connectivity index (χ1) is 18.3. The van der Waals surface area contributed by atoms with Gasteiger partial charge in [0.1, 0.15) is 23.9 Å². The summed E-state index contributed by atoms with van der Waals surface area (Å²) in [6.07, 6.45) is 0. The monoisotopic (exact) mass is 514 g/mol. The fraction of sp³-hybridized carbons (Fsp3) is 0.207. The highest BCUT2D eigenvalue weighted by molar-refractivity contribution is 6.51. The van der Waals surface area contributed by atoms with Crippen molar-refractivity contribution in [3.63, 3.8) is 0 Å². The molecule has 9 nitrogen and oxygen atoms in total. The topological polar surface area (TPSA) is 106 Å². The molecule has 1 N–H and O–H groups in total. The smallest absolute Gasteiger partial charge is 0.337 e. The number of para-hydroxylation sites is 1. The van der Waals surface area contributed by atoms with Crippen molar-refractivity contribution in [2.45, 2.75) is 6.04 Å². The van der Waals surface area contributed by atoms with E-state index in [-0.39, 0.29) is 16.9 Å². The Morgan fingerprint density at radius 1 is 1.00 bits per heavy atom. The summed E-state index contributed by atoms with van der Waals surface area (Å²) in [6.45, 7) is 1.21. The minimum atomic E-state index is -1.02. The summed E-state index contributed by atoms with van der Waals surface area (Å²) in [6, 6.07) is 17.3. The molecule has 2 aliphatic rings. The van der Waals surface area contributed by atoms with Crippen LogP contribution >= 0.6 is 0 Å². The van der Waals surface area contributed by atoms with Crippen LogP contribution in [0.4, 0.5) is 11.4 Å². The molecule has 0 bridgehead atoms. The van der Waals surface area contributed by atoms with E-state index in [1.165, 1.54) is 25.2 Å². The third-order valence-electron chi connectivity index (χ3n) is 6.75. The number of aliphatic hydroxyl groups is 1. The van der Waals surface area contributed by atoms with Crippen LogP contribution in [-0.4, -0.2) is 57.2 Å². The van der Waals surface area contributed by atoms with Crippen molar-refractivity contribution in [1.82, 2.24) is 0 Å². The molecule has 0 saturated carbocycles. The Kier molecular flexibility index (Phi) is 6.50. The lowest BCUT2D eigenvalue weighted by molar-refractivity contribution is -0.132. The maximum absolute atomic E-state index is 13.5. The number of nitrogens with zero attached hydrogens (tertiary/aromatic N) is 2. The van der Waals surface area contributed by atoms with E-state index in [0.717, 1.165) is 5.69 Å². The number of amides is 1. The number of anilines is 2. The van der Waals surface area contributed by atoms with Crippen molar-refractivity contribution >= 4 is 34.8 Å². The fourth-order valence-electron chi connectivity index (χ4n) is 4.84. The van der Waals surface area contributed by atoms with Gasteiger partial charge in [-0.25, -0.2) is 4.79 Å². The normalized spacial score (nSPS) is 18.1. The highest BCUT2D eigenvalue weighted by atomic mass is 16.5. The van der Waals surface area contributed by atoms with Crippen LogP contribution in [0.3, 0.4) is 0 Å². The van der Waals surface area contributed by atoms with Gasteiger partial charge < -0.3 is 24.2 Å². The molecule has 0 aromatic heterocycles. The summed E-state index contributed by atoms with van der Waals surface area (Å²) in [5.74, 6) is -1.52. The van der Waals surface area contributed by atoms with E-state index in [1.54, 1.807) is 60.7 Å². The third-order valence-corrected chi connectivity index (χ3v) is 6.75. The Hall–Kier alpha value is -4.79. The number of rotatable bonds is 5. The van der Waals surface area contributed by atoms with Crippen LogP contribution in [-0.2, 0) is 14.3 Å². The van der Waals surface area contributed by atoms with Crippen LogP contribution in [0.25, 0.3) is 5.76 Å². The number of carbonyl (C=O) groups excluding carboxylic acids is 3. The van der Waals surface area contributed by atoms with E-state index >= 15 is 0 Å². The average molecular weight is 515 g/mol. The molecule has 1 unspecified atom stereocenters. The molecule has 3 aromatic rings. The average Bonchev–Trinajstić information content (AvgIpc) is 3.22. The van der Waals surface area contributed by atoms with Gasteiger partial charge in [-0.1, -0.05) is 24.3 Å². The zero-order valence-electron chi connectivity index (χ0n) is 21.1. The minimum Gasteiger partial charge on any atom is -0.507 e. The van der Waals surface area contributed by atoms with Crippen LogP contribution in [0.5, 0.6) is 11.5 Å². The van der Waals surface area contributed by atoms with Crippen molar-refractivity contribution < 1.29 is 33.7 Å². The van der Waals surface area contributed by atoms with Gasteiger partial charge in [-0.3, -0.25) is 14.5 Å². The number of esters is 1. The van der Waals surface area contributed by atoms with Gasteiger partial charge in [0, 0.05) is 23.9 Å². The third kappa shape index (κ3) is 4.11. The summed E-state index contributed by atoms with van der Waals surface area (Å²) in [7, 11) is 4.66. The predicted octanol–water partition coefficient (Wildman–Crippen LogP) is 3.94. The Morgan fingerprint density at radius 3 is 2.55 bits per heavy atom. The molecular weight excluding hydrogens is 488 g/mol. The molecule has 9 heteroatoms. The first-order valence-corrected chi connectivity index (χ1v) is 12.0. The molecule has 0 aliphatic carbocycles. The number of benzene rings is 3.